The zero-order chi connectivity index (χ0) is 14.9. The Balaban J connectivity index is 2.26. The number of carbonyl (C=O) groups is 1. The summed E-state index contributed by atoms with van der Waals surface area (Å²) in [6, 6.07) is 3.87. The second-order valence-electron chi connectivity index (χ2n) is 4.70. The average molecular weight is 274 g/mol. The molecule has 1 aromatic heterocycles. The molecule has 1 aromatic carbocycles. The monoisotopic (exact) mass is 274 g/mol. The maximum Gasteiger partial charge on any atom is 0.490 e. The third-order valence-electron chi connectivity index (χ3n) is 2.95. The fourth-order valence-electron chi connectivity index (χ4n) is 2.29. The lowest BCUT2D eigenvalue weighted by Crippen LogP contribution is -2.14. The minimum absolute atomic E-state index is 0.0639. The van der Waals surface area contributed by atoms with E-state index < -0.39 is 10.9 Å². The minimum Gasteiger partial charge on any atom is -0.390 e. The van der Waals surface area contributed by atoms with Crippen molar-refractivity contribution < 1.29 is 9.72 Å². The van der Waals surface area contributed by atoms with Gasteiger partial charge in [-0.15, -0.1) is 0 Å². The first-order valence-corrected chi connectivity index (χ1v) is 6.03. The van der Waals surface area contributed by atoms with Gasteiger partial charge in [-0.1, -0.05) is 22.7 Å². The maximum absolute atomic E-state index is 12.3. The standard InChI is InChI=1S/C13H14N4O3/c1-8-4-9(2)12(10(3)5-8)11(18)6-16-7-14-13(15-16)17(19)20/h4-5,7H,6H2,1-3H3. The van der Waals surface area contributed by atoms with E-state index in [0.29, 0.717) is 5.56 Å². The van der Waals surface area contributed by atoms with E-state index in [2.05, 4.69) is 10.1 Å². The van der Waals surface area contributed by atoms with Crippen molar-refractivity contribution in [3.05, 3.63) is 50.8 Å². The van der Waals surface area contributed by atoms with Gasteiger partial charge >= 0.3 is 5.95 Å². The van der Waals surface area contributed by atoms with Crippen LogP contribution in [-0.4, -0.2) is 25.5 Å². The van der Waals surface area contributed by atoms with Crippen molar-refractivity contribution in [2.75, 3.05) is 0 Å². The minimum atomic E-state index is -0.691. The van der Waals surface area contributed by atoms with Gasteiger partial charge in [0.1, 0.15) is 6.54 Å². The normalized spacial score (nSPS) is 10.6. The van der Waals surface area contributed by atoms with Gasteiger partial charge in [0.25, 0.3) is 0 Å². The van der Waals surface area contributed by atoms with E-state index in [1.807, 2.05) is 32.9 Å². The van der Waals surface area contributed by atoms with Gasteiger partial charge in [-0.2, -0.15) is 4.68 Å². The van der Waals surface area contributed by atoms with E-state index in [1.54, 1.807) is 0 Å². The summed E-state index contributed by atoms with van der Waals surface area (Å²) >= 11 is 0. The van der Waals surface area contributed by atoms with Crippen molar-refractivity contribution in [3.8, 4) is 0 Å². The van der Waals surface area contributed by atoms with Crippen LogP contribution in [0.4, 0.5) is 5.95 Å². The van der Waals surface area contributed by atoms with Gasteiger partial charge in [-0.05, 0) is 36.8 Å². The fourth-order valence-corrected chi connectivity index (χ4v) is 2.29. The molecule has 104 valence electrons. The van der Waals surface area contributed by atoms with E-state index in [4.69, 9.17) is 0 Å². The van der Waals surface area contributed by atoms with Crippen LogP contribution in [0.1, 0.15) is 27.0 Å². The predicted molar refractivity (Wildman–Crippen MR) is 71.7 cm³/mol. The van der Waals surface area contributed by atoms with E-state index in [0.717, 1.165) is 16.7 Å². The molecule has 0 saturated carbocycles. The molecule has 0 bridgehead atoms. The Morgan fingerprint density at radius 3 is 2.40 bits per heavy atom. The van der Waals surface area contributed by atoms with E-state index in [1.165, 1.54) is 11.0 Å². The van der Waals surface area contributed by atoms with Gasteiger partial charge < -0.3 is 10.1 Å². The van der Waals surface area contributed by atoms with Crippen molar-refractivity contribution in [3.63, 3.8) is 0 Å². The molecule has 0 aliphatic carbocycles. The Morgan fingerprint density at radius 1 is 1.30 bits per heavy atom. The van der Waals surface area contributed by atoms with Gasteiger partial charge in [-0.25, -0.2) is 0 Å². The molecule has 2 aromatic rings. The highest BCUT2D eigenvalue weighted by atomic mass is 16.6. The Kier molecular flexibility index (Phi) is 3.60. The number of aryl methyl sites for hydroxylation is 3. The summed E-state index contributed by atoms with van der Waals surface area (Å²) < 4.78 is 1.18. The number of Topliss-reactive ketones (excluding diaryl/α,β-unsaturated/α-hetero) is 1. The number of nitrogens with zero attached hydrogens (tertiary/aromatic N) is 4. The number of benzene rings is 1. The smallest absolute Gasteiger partial charge is 0.390 e. The van der Waals surface area contributed by atoms with Crippen LogP contribution in [0.25, 0.3) is 0 Å². The zero-order valence-corrected chi connectivity index (χ0v) is 11.5. The maximum atomic E-state index is 12.3. The molecule has 1 heterocycles. The van der Waals surface area contributed by atoms with Gasteiger partial charge in [0.15, 0.2) is 5.78 Å². The highest BCUT2D eigenvalue weighted by molar-refractivity contribution is 5.98. The van der Waals surface area contributed by atoms with Crippen LogP contribution < -0.4 is 0 Å². The molecule has 0 atom stereocenters. The summed E-state index contributed by atoms with van der Waals surface area (Å²) in [7, 11) is 0. The second kappa shape index (κ2) is 5.20. The van der Waals surface area contributed by atoms with Gasteiger partial charge in [0, 0.05) is 10.7 Å². The number of ketones is 1. The van der Waals surface area contributed by atoms with E-state index >= 15 is 0 Å². The number of hydrogen-bond donors (Lipinski definition) is 0. The van der Waals surface area contributed by atoms with Crippen LogP contribution in [0.2, 0.25) is 0 Å². The molecule has 0 amide bonds. The summed E-state index contributed by atoms with van der Waals surface area (Å²) in [6.45, 7) is 5.65. The van der Waals surface area contributed by atoms with Crippen LogP contribution in [0.15, 0.2) is 18.5 Å². The average Bonchev–Trinajstić information content (AvgIpc) is 2.75. The fraction of sp³-hybridized carbons (Fsp3) is 0.308. The lowest BCUT2D eigenvalue weighted by Gasteiger charge is -2.09. The highest BCUT2D eigenvalue weighted by Crippen LogP contribution is 2.17. The first-order valence-electron chi connectivity index (χ1n) is 6.03. The van der Waals surface area contributed by atoms with Crippen molar-refractivity contribution in [1.82, 2.24) is 14.8 Å². The lowest BCUT2D eigenvalue weighted by atomic mass is 9.96. The van der Waals surface area contributed by atoms with Gasteiger partial charge in [-0.3, -0.25) is 4.79 Å². The van der Waals surface area contributed by atoms with Crippen LogP contribution in [-0.2, 0) is 6.54 Å². The van der Waals surface area contributed by atoms with E-state index in [-0.39, 0.29) is 12.3 Å². The topological polar surface area (TPSA) is 90.9 Å². The first kappa shape index (κ1) is 13.9. The summed E-state index contributed by atoms with van der Waals surface area (Å²) in [5, 5.41) is 14.1. The number of hydrogen-bond acceptors (Lipinski definition) is 5. The summed E-state index contributed by atoms with van der Waals surface area (Å²) in [5.41, 5.74) is 3.51. The van der Waals surface area contributed by atoms with Crippen LogP contribution in [0, 0.1) is 30.9 Å². The van der Waals surface area contributed by atoms with Gasteiger partial charge in [0.2, 0.25) is 6.33 Å². The third kappa shape index (κ3) is 2.71. The SMILES string of the molecule is Cc1cc(C)c(C(=O)Cn2cnc([N+](=O)[O-])n2)c(C)c1. The molecule has 0 fully saturated rings. The Bertz CT molecular complexity index is 668. The third-order valence-corrected chi connectivity index (χ3v) is 2.95. The Labute approximate surface area is 115 Å². The summed E-state index contributed by atoms with van der Waals surface area (Å²) in [6.07, 6.45) is 1.19. The Morgan fingerprint density at radius 2 is 1.90 bits per heavy atom. The molecule has 0 radical (unpaired) electrons. The summed E-state index contributed by atoms with van der Waals surface area (Å²) in [5.74, 6) is -0.644. The number of aromatic nitrogens is 3. The van der Waals surface area contributed by atoms with Crippen molar-refractivity contribution >= 4 is 11.7 Å². The zero-order valence-electron chi connectivity index (χ0n) is 11.5. The molecule has 20 heavy (non-hydrogen) atoms. The van der Waals surface area contributed by atoms with Crippen molar-refractivity contribution in [2.45, 2.75) is 27.3 Å². The van der Waals surface area contributed by atoms with Crippen molar-refractivity contribution in [1.29, 1.82) is 0 Å². The van der Waals surface area contributed by atoms with Crippen molar-refractivity contribution in [2.24, 2.45) is 0 Å². The molecule has 7 heteroatoms. The summed E-state index contributed by atoms with van der Waals surface area (Å²) in [4.78, 5) is 25.6. The number of carbonyl (C=O) groups excluding carboxylic acids is 1. The van der Waals surface area contributed by atoms with Crippen LogP contribution in [0.3, 0.4) is 0 Å². The molecular formula is C13H14N4O3. The molecule has 0 N–H and O–H groups in total. The first-order chi connectivity index (χ1) is 9.38. The lowest BCUT2D eigenvalue weighted by molar-refractivity contribution is -0.394. The van der Waals surface area contributed by atoms with E-state index in [9.17, 15) is 14.9 Å². The van der Waals surface area contributed by atoms with Crippen LogP contribution in [0.5, 0.6) is 0 Å². The quantitative estimate of drug-likeness (QED) is 0.483. The Hall–Kier alpha value is -2.57. The molecule has 7 nitrogen and oxygen atoms in total. The molecule has 0 unspecified atom stereocenters. The predicted octanol–water partition coefficient (Wildman–Crippen LogP) is 1.99. The molecule has 0 aliphatic rings. The molecule has 0 spiro atoms. The largest absolute Gasteiger partial charge is 0.490 e. The van der Waals surface area contributed by atoms with Crippen LogP contribution >= 0.6 is 0 Å². The van der Waals surface area contributed by atoms with Gasteiger partial charge in [0.05, 0.1) is 0 Å². The molecule has 2 rings (SSSR count). The second-order valence-corrected chi connectivity index (χ2v) is 4.70. The molecule has 0 saturated heterocycles. The number of nitro groups is 1. The molecule has 0 aliphatic heterocycles. The highest BCUT2D eigenvalue weighted by Gasteiger charge is 2.18. The number of rotatable bonds is 4. The molecular weight excluding hydrogens is 260 g/mol.